The Balaban J connectivity index is 1.49. The van der Waals surface area contributed by atoms with Crippen LogP contribution in [0.5, 0.6) is 5.88 Å². The van der Waals surface area contributed by atoms with Gasteiger partial charge in [-0.2, -0.15) is 5.10 Å². The molecule has 1 aromatic heterocycles. The molecule has 2 unspecified atom stereocenters. The van der Waals surface area contributed by atoms with E-state index in [1.54, 1.807) is 13.1 Å². The molecule has 0 bridgehead atoms. The van der Waals surface area contributed by atoms with Gasteiger partial charge in [-0.3, -0.25) is 10.1 Å². The third-order valence-corrected chi connectivity index (χ3v) is 4.42. The second-order valence-corrected chi connectivity index (χ2v) is 6.34. The second-order valence-electron chi connectivity index (χ2n) is 6.34. The van der Waals surface area contributed by atoms with Gasteiger partial charge in [-0.05, 0) is 42.9 Å². The van der Waals surface area contributed by atoms with E-state index >= 15 is 0 Å². The average molecular weight is 350 g/mol. The quantitative estimate of drug-likeness (QED) is 0.784. The van der Waals surface area contributed by atoms with Crippen molar-refractivity contribution < 1.29 is 18.7 Å². The minimum absolute atomic E-state index is 0.0756. The molecule has 1 aromatic carbocycles. The normalized spacial score (nSPS) is 20.4. The van der Waals surface area contributed by atoms with Gasteiger partial charge < -0.3 is 10.4 Å². The van der Waals surface area contributed by atoms with Gasteiger partial charge >= 0.3 is 0 Å². The Morgan fingerprint density at radius 1 is 1.36 bits per heavy atom. The predicted molar refractivity (Wildman–Crippen MR) is 86.9 cm³/mol. The molecular formula is C17H20F2N4O2. The summed E-state index contributed by atoms with van der Waals surface area (Å²) in [7, 11) is 1.55. The van der Waals surface area contributed by atoms with Crippen molar-refractivity contribution in [3.63, 3.8) is 0 Å². The van der Waals surface area contributed by atoms with Crippen molar-refractivity contribution in [2.75, 3.05) is 6.54 Å². The van der Waals surface area contributed by atoms with Crippen molar-refractivity contribution in [1.29, 1.82) is 0 Å². The van der Waals surface area contributed by atoms with E-state index in [0.717, 1.165) is 24.5 Å². The first-order valence-electron chi connectivity index (χ1n) is 8.13. The summed E-state index contributed by atoms with van der Waals surface area (Å²) in [6.07, 6.45) is 2.04. The molecule has 1 saturated heterocycles. The third kappa shape index (κ3) is 4.14. The second kappa shape index (κ2) is 7.18. The molecule has 25 heavy (non-hydrogen) atoms. The SMILES string of the molecule is Cn1nc(C(=O)NC2CCC(Cc3ccc(F)c(F)c3)CN2)cc1O. The molecule has 1 aliphatic heterocycles. The highest BCUT2D eigenvalue weighted by Crippen LogP contribution is 2.20. The van der Waals surface area contributed by atoms with Crippen LogP contribution in [0.4, 0.5) is 8.78 Å². The molecule has 6 nitrogen and oxygen atoms in total. The molecule has 3 rings (SSSR count). The number of hydrogen-bond acceptors (Lipinski definition) is 4. The number of amides is 1. The number of aryl methyl sites for hydroxylation is 1. The van der Waals surface area contributed by atoms with Crippen LogP contribution in [0, 0.1) is 17.6 Å². The number of nitrogens with one attached hydrogen (secondary N) is 2. The number of carbonyl (C=O) groups is 1. The molecule has 1 fully saturated rings. The number of piperidine rings is 1. The minimum atomic E-state index is -0.839. The molecule has 1 aliphatic rings. The van der Waals surface area contributed by atoms with Gasteiger partial charge in [-0.25, -0.2) is 13.5 Å². The number of rotatable bonds is 4. The Morgan fingerprint density at radius 2 is 2.16 bits per heavy atom. The largest absolute Gasteiger partial charge is 0.493 e. The fourth-order valence-corrected chi connectivity index (χ4v) is 3.01. The Bertz CT molecular complexity index is 751. The van der Waals surface area contributed by atoms with Gasteiger partial charge in [0.1, 0.15) is 0 Å². The van der Waals surface area contributed by atoms with Gasteiger partial charge in [-0.15, -0.1) is 0 Å². The van der Waals surface area contributed by atoms with E-state index in [1.807, 2.05) is 0 Å². The first-order valence-corrected chi connectivity index (χ1v) is 8.13. The Labute approximate surface area is 143 Å². The van der Waals surface area contributed by atoms with Gasteiger partial charge in [0.25, 0.3) is 5.91 Å². The average Bonchev–Trinajstić information content (AvgIpc) is 2.92. The van der Waals surface area contributed by atoms with E-state index < -0.39 is 11.6 Å². The van der Waals surface area contributed by atoms with E-state index in [9.17, 15) is 18.7 Å². The lowest BCUT2D eigenvalue weighted by atomic mass is 9.91. The van der Waals surface area contributed by atoms with E-state index in [0.29, 0.717) is 13.0 Å². The summed E-state index contributed by atoms with van der Waals surface area (Å²) in [4.78, 5) is 12.1. The smallest absolute Gasteiger partial charge is 0.273 e. The number of carbonyl (C=O) groups excluding carboxylic acids is 1. The van der Waals surface area contributed by atoms with Crippen LogP contribution >= 0.6 is 0 Å². The fraction of sp³-hybridized carbons (Fsp3) is 0.412. The Morgan fingerprint density at radius 3 is 2.76 bits per heavy atom. The van der Waals surface area contributed by atoms with Gasteiger partial charge in [0.15, 0.2) is 17.3 Å². The van der Waals surface area contributed by atoms with Crippen LogP contribution in [0.3, 0.4) is 0 Å². The highest BCUT2D eigenvalue weighted by atomic mass is 19.2. The number of halogens is 2. The molecule has 3 N–H and O–H groups in total. The van der Waals surface area contributed by atoms with E-state index in [1.165, 1.54) is 16.8 Å². The van der Waals surface area contributed by atoms with E-state index in [4.69, 9.17) is 0 Å². The third-order valence-electron chi connectivity index (χ3n) is 4.42. The topological polar surface area (TPSA) is 79.2 Å². The van der Waals surface area contributed by atoms with Crippen molar-refractivity contribution in [1.82, 2.24) is 20.4 Å². The lowest BCUT2D eigenvalue weighted by Gasteiger charge is -2.30. The number of aromatic hydroxyl groups is 1. The maximum Gasteiger partial charge on any atom is 0.273 e. The van der Waals surface area contributed by atoms with Gasteiger partial charge in [0, 0.05) is 19.7 Å². The molecule has 2 heterocycles. The molecule has 0 radical (unpaired) electrons. The standard InChI is InChI=1S/C17H20F2N4O2/c1-23-16(24)8-14(22-23)17(25)21-15-5-3-11(9-20-15)6-10-2-4-12(18)13(19)7-10/h2,4,7-8,11,15,20,24H,3,5-6,9H2,1H3,(H,21,25). The van der Waals surface area contributed by atoms with Gasteiger partial charge in [-0.1, -0.05) is 6.07 Å². The van der Waals surface area contributed by atoms with Crippen LogP contribution in [-0.4, -0.2) is 33.5 Å². The monoisotopic (exact) mass is 350 g/mol. The first kappa shape index (κ1) is 17.3. The summed E-state index contributed by atoms with van der Waals surface area (Å²) >= 11 is 0. The van der Waals surface area contributed by atoms with Crippen LogP contribution < -0.4 is 10.6 Å². The zero-order chi connectivity index (χ0) is 18.0. The molecular weight excluding hydrogens is 330 g/mol. The highest BCUT2D eigenvalue weighted by Gasteiger charge is 2.23. The number of benzene rings is 1. The molecule has 2 atom stereocenters. The molecule has 0 aliphatic carbocycles. The van der Waals surface area contributed by atoms with Crippen LogP contribution in [0.25, 0.3) is 0 Å². The maximum absolute atomic E-state index is 13.3. The van der Waals surface area contributed by atoms with Crippen molar-refractivity contribution >= 4 is 5.91 Å². The van der Waals surface area contributed by atoms with Crippen molar-refractivity contribution in [2.24, 2.45) is 13.0 Å². The van der Waals surface area contributed by atoms with Gasteiger partial charge in [0.05, 0.1) is 6.17 Å². The maximum atomic E-state index is 13.3. The molecule has 8 heteroatoms. The Kier molecular flexibility index (Phi) is 4.98. The molecule has 1 amide bonds. The first-order chi connectivity index (χ1) is 11.9. The number of nitrogens with zero attached hydrogens (tertiary/aromatic N) is 2. The predicted octanol–water partition coefficient (Wildman–Crippen LogP) is 1.70. The summed E-state index contributed by atoms with van der Waals surface area (Å²) < 4.78 is 27.5. The lowest BCUT2D eigenvalue weighted by Crippen LogP contribution is -2.50. The zero-order valence-corrected chi connectivity index (χ0v) is 13.8. The molecule has 134 valence electrons. The number of aromatic nitrogens is 2. The highest BCUT2D eigenvalue weighted by molar-refractivity contribution is 5.92. The minimum Gasteiger partial charge on any atom is -0.493 e. The number of hydrogen-bond donors (Lipinski definition) is 3. The lowest BCUT2D eigenvalue weighted by molar-refractivity contribution is 0.0908. The molecule has 0 spiro atoms. The zero-order valence-electron chi connectivity index (χ0n) is 13.8. The summed E-state index contributed by atoms with van der Waals surface area (Å²) in [6.45, 7) is 0.664. The molecule has 0 saturated carbocycles. The molecule has 2 aromatic rings. The summed E-state index contributed by atoms with van der Waals surface area (Å²) in [5.41, 5.74) is 0.919. The van der Waals surface area contributed by atoms with Crippen LogP contribution in [0.15, 0.2) is 24.3 Å². The fourth-order valence-electron chi connectivity index (χ4n) is 3.01. The van der Waals surface area contributed by atoms with Crippen molar-refractivity contribution in [2.45, 2.75) is 25.4 Å². The van der Waals surface area contributed by atoms with Crippen LogP contribution in [0.1, 0.15) is 28.9 Å². The Hall–Kier alpha value is -2.48. The summed E-state index contributed by atoms with van der Waals surface area (Å²) in [6, 6.07) is 5.28. The van der Waals surface area contributed by atoms with Crippen molar-refractivity contribution in [3.8, 4) is 5.88 Å². The summed E-state index contributed by atoms with van der Waals surface area (Å²) in [5, 5.41) is 19.5. The van der Waals surface area contributed by atoms with E-state index in [-0.39, 0.29) is 29.6 Å². The van der Waals surface area contributed by atoms with Crippen LogP contribution in [0.2, 0.25) is 0 Å². The van der Waals surface area contributed by atoms with Crippen molar-refractivity contribution in [3.05, 3.63) is 47.2 Å². The van der Waals surface area contributed by atoms with Gasteiger partial charge in [0.2, 0.25) is 5.88 Å². The van der Waals surface area contributed by atoms with E-state index in [2.05, 4.69) is 15.7 Å². The summed E-state index contributed by atoms with van der Waals surface area (Å²) in [5.74, 6) is -1.81. The van der Waals surface area contributed by atoms with Crippen LogP contribution in [-0.2, 0) is 13.5 Å².